The van der Waals surface area contributed by atoms with Crippen LogP contribution in [0.2, 0.25) is 0 Å². The monoisotopic (exact) mass is 405 g/mol. The Bertz CT molecular complexity index is 984. The van der Waals surface area contributed by atoms with E-state index in [4.69, 9.17) is 9.47 Å². The van der Waals surface area contributed by atoms with Gasteiger partial charge in [-0.25, -0.2) is 13.2 Å². The van der Waals surface area contributed by atoms with Crippen LogP contribution < -0.4 is 10.1 Å². The molecule has 0 unspecified atom stereocenters. The van der Waals surface area contributed by atoms with Crippen LogP contribution in [-0.4, -0.2) is 39.8 Å². The molecule has 1 atom stereocenters. The minimum Gasteiger partial charge on any atom is -0.495 e. The molecule has 0 aromatic heterocycles. The topological polar surface area (TPSA) is 98.8 Å². The molecule has 7 nitrogen and oxygen atoms in total. The first-order chi connectivity index (χ1) is 13.1. The standard InChI is InChI=1S/C20H23NO6S/c1-13-8-9-18(26-3)17(10-13)21-19(22)14(2)27-20(23)16-7-5-6-15(11-16)12-28(4,24)25/h5-11,14H,12H2,1-4H3,(H,21,22)/t14-/m1/s1. The van der Waals surface area contributed by atoms with Crippen molar-refractivity contribution in [2.75, 3.05) is 18.7 Å². The number of amides is 1. The van der Waals surface area contributed by atoms with Crippen LogP contribution in [0, 0.1) is 6.92 Å². The normalized spacial score (nSPS) is 12.1. The van der Waals surface area contributed by atoms with Crippen molar-refractivity contribution in [3.63, 3.8) is 0 Å². The Kier molecular flexibility index (Phi) is 6.80. The molecule has 150 valence electrons. The molecule has 0 aliphatic rings. The Hall–Kier alpha value is -2.87. The second-order valence-corrected chi connectivity index (χ2v) is 8.65. The van der Waals surface area contributed by atoms with Crippen LogP contribution in [0.25, 0.3) is 0 Å². The summed E-state index contributed by atoms with van der Waals surface area (Å²) in [5, 5.41) is 2.68. The lowest BCUT2D eigenvalue weighted by Gasteiger charge is -2.16. The van der Waals surface area contributed by atoms with Crippen LogP contribution in [-0.2, 0) is 25.1 Å². The number of aryl methyl sites for hydroxylation is 1. The zero-order valence-electron chi connectivity index (χ0n) is 16.2. The highest BCUT2D eigenvalue weighted by molar-refractivity contribution is 7.89. The predicted octanol–water partition coefficient (Wildman–Crippen LogP) is 2.73. The molecule has 2 aromatic carbocycles. The Morgan fingerprint density at radius 3 is 2.50 bits per heavy atom. The Morgan fingerprint density at radius 2 is 1.86 bits per heavy atom. The minimum atomic E-state index is -3.23. The largest absolute Gasteiger partial charge is 0.495 e. The van der Waals surface area contributed by atoms with Gasteiger partial charge in [-0.05, 0) is 49.2 Å². The number of carbonyl (C=O) groups is 2. The van der Waals surface area contributed by atoms with Gasteiger partial charge in [0, 0.05) is 6.26 Å². The van der Waals surface area contributed by atoms with Gasteiger partial charge < -0.3 is 14.8 Å². The van der Waals surface area contributed by atoms with Crippen LogP contribution in [0.1, 0.15) is 28.4 Å². The lowest BCUT2D eigenvalue weighted by molar-refractivity contribution is -0.123. The predicted molar refractivity (Wildman–Crippen MR) is 106 cm³/mol. The van der Waals surface area contributed by atoms with Crippen LogP contribution in [0.5, 0.6) is 5.75 Å². The molecule has 0 aliphatic heterocycles. The van der Waals surface area contributed by atoms with E-state index in [1.165, 1.54) is 26.2 Å². The summed E-state index contributed by atoms with van der Waals surface area (Å²) in [6.45, 7) is 3.33. The molecule has 0 spiro atoms. The van der Waals surface area contributed by atoms with Gasteiger partial charge in [0.25, 0.3) is 5.91 Å². The maximum absolute atomic E-state index is 12.4. The molecule has 0 heterocycles. The molecule has 8 heteroatoms. The van der Waals surface area contributed by atoms with E-state index in [2.05, 4.69) is 5.32 Å². The number of esters is 1. The summed E-state index contributed by atoms with van der Waals surface area (Å²) in [5.41, 5.74) is 2.06. The van der Waals surface area contributed by atoms with Gasteiger partial charge in [-0.15, -0.1) is 0 Å². The lowest BCUT2D eigenvalue weighted by Crippen LogP contribution is -2.30. The van der Waals surface area contributed by atoms with Crippen molar-refractivity contribution in [3.05, 3.63) is 59.2 Å². The Balaban J connectivity index is 2.07. The first-order valence-electron chi connectivity index (χ1n) is 8.52. The van der Waals surface area contributed by atoms with E-state index in [0.29, 0.717) is 17.0 Å². The highest BCUT2D eigenvalue weighted by Crippen LogP contribution is 2.25. The number of ether oxygens (including phenoxy) is 2. The average Bonchev–Trinajstić information content (AvgIpc) is 2.60. The molecule has 1 N–H and O–H groups in total. The number of rotatable bonds is 7. The third kappa shape index (κ3) is 6.09. The molecule has 0 saturated carbocycles. The van der Waals surface area contributed by atoms with E-state index in [1.54, 1.807) is 24.3 Å². The van der Waals surface area contributed by atoms with Gasteiger partial charge >= 0.3 is 5.97 Å². The molecule has 0 saturated heterocycles. The van der Waals surface area contributed by atoms with E-state index in [-0.39, 0.29) is 11.3 Å². The van der Waals surface area contributed by atoms with Crippen molar-refractivity contribution in [1.29, 1.82) is 0 Å². The Morgan fingerprint density at radius 1 is 1.14 bits per heavy atom. The van der Waals surface area contributed by atoms with Crippen molar-refractivity contribution >= 4 is 27.4 Å². The van der Waals surface area contributed by atoms with Crippen LogP contribution in [0.3, 0.4) is 0 Å². The van der Waals surface area contributed by atoms with Gasteiger partial charge in [0.05, 0.1) is 24.1 Å². The minimum absolute atomic E-state index is 0.175. The van der Waals surface area contributed by atoms with Crippen molar-refractivity contribution in [1.82, 2.24) is 0 Å². The van der Waals surface area contributed by atoms with Crippen molar-refractivity contribution in [2.45, 2.75) is 25.7 Å². The summed E-state index contributed by atoms with van der Waals surface area (Å²) in [6, 6.07) is 11.5. The number of sulfone groups is 1. The molecule has 0 radical (unpaired) electrons. The molecule has 0 bridgehead atoms. The summed E-state index contributed by atoms with van der Waals surface area (Å²) >= 11 is 0. The molecule has 2 rings (SSSR count). The highest BCUT2D eigenvalue weighted by Gasteiger charge is 2.20. The number of hydrogen-bond donors (Lipinski definition) is 1. The fourth-order valence-electron chi connectivity index (χ4n) is 2.53. The number of nitrogens with one attached hydrogen (secondary N) is 1. The lowest BCUT2D eigenvalue weighted by atomic mass is 10.1. The molecular formula is C20H23NO6S. The third-order valence-corrected chi connectivity index (χ3v) is 4.72. The first kappa shape index (κ1) is 21.4. The summed E-state index contributed by atoms with van der Waals surface area (Å²) in [6.07, 6.45) is 0.0561. The number of carbonyl (C=O) groups excluding carboxylic acids is 2. The van der Waals surface area contributed by atoms with E-state index < -0.39 is 27.8 Å². The average molecular weight is 405 g/mol. The SMILES string of the molecule is COc1ccc(C)cc1NC(=O)[C@@H](C)OC(=O)c1cccc(CS(C)(=O)=O)c1. The fraction of sp³-hybridized carbons (Fsp3) is 0.300. The quantitative estimate of drug-likeness (QED) is 0.711. The highest BCUT2D eigenvalue weighted by atomic mass is 32.2. The first-order valence-corrected chi connectivity index (χ1v) is 10.6. The maximum Gasteiger partial charge on any atom is 0.338 e. The smallest absolute Gasteiger partial charge is 0.338 e. The van der Waals surface area contributed by atoms with Gasteiger partial charge in [0.15, 0.2) is 15.9 Å². The zero-order chi connectivity index (χ0) is 20.9. The molecule has 2 aromatic rings. The number of benzene rings is 2. The molecular weight excluding hydrogens is 382 g/mol. The van der Waals surface area contributed by atoms with E-state index in [9.17, 15) is 18.0 Å². The van der Waals surface area contributed by atoms with E-state index >= 15 is 0 Å². The maximum atomic E-state index is 12.4. The number of anilines is 1. The van der Waals surface area contributed by atoms with Gasteiger partial charge in [-0.3, -0.25) is 4.79 Å². The molecule has 0 aliphatic carbocycles. The van der Waals surface area contributed by atoms with Crippen molar-refractivity contribution in [2.24, 2.45) is 0 Å². The molecule has 0 fully saturated rings. The number of methoxy groups -OCH3 is 1. The van der Waals surface area contributed by atoms with Gasteiger partial charge in [0.2, 0.25) is 0 Å². The van der Waals surface area contributed by atoms with Crippen molar-refractivity contribution < 1.29 is 27.5 Å². The third-order valence-electron chi connectivity index (χ3n) is 3.86. The summed E-state index contributed by atoms with van der Waals surface area (Å²) in [7, 11) is -1.74. The van der Waals surface area contributed by atoms with E-state index in [0.717, 1.165) is 11.8 Å². The van der Waals surface area contributed by atoms with E-state index in [1.807, 2.05) is 13.0 Å². The van der Waals surface area contributed by atoms with Crippen LogP contribution >= 0.6 is 0 Å². The molecule has 28 heavy (non-hydrogen) atoms. The fourth-order valence-corrected chi connectivity index (χ4v) is 3.31. The number of hydrogen-bond acceptors (Lipinski definition) is 6. The second-order valence-electron chi connectivity index (χ2n) is 6.51. The van der Waals surface area contributed by atoms with Crippen LogP contribution in [0.15, 0.2) is 42.5 Å². The van der Waals surface area contributed by atoms with Gasteiger partial charge in [0.1, 0.15) is 5.75 Å². The summed E-state index contributed by atoms with van der Waals surface area (Å²) in [4.78, 5) is 24.7. The summed E-state index contributed by atoms with van der Waals surface area (Å²) in [5.74, 6) is -0.915. The van der Waals surface area contributed by atoms with Gasteiger partial charge in [-0.2, -0.15) is 0 Å². The summed E-state index contributed by atoms with van der Waals surface area (Å²) < 4.78 is 33.3. The Labute approximate surface area is 164 Å². The molecule has 1 amide bonds. The van der Waals surface area contributed by atoms with Crippen molar-refractivity contribution in [3.8, 4) is 5.75 Å². The second kappa shape index (κ2) is 8.88. The zero-order valence-corrected chi connectivity index (χ0v) is 17.0. The van der Waals surface area contributed by atoms with Crippen LogP contribution in [0.4, 0.5) is 5.69 Å². The van der Waals surface area contributed by atoms with Gasteiger partial charge in [-0.1, -0.05) is 18.2 Å².